The Labute approximate surface area is 186 Å². The number of halogens is 4. The van der Waals surface area contributed by atoms with E-state index in [-0.39, 0.29) is 43.6 Å². The van der Waals surface area contributed by atoms with Crippen LogP contribution in [0.4, 0.5) is 11.4 Å². The highest BCUT2D eigenvalue weighted by Crippen LogP contribution is 2.32. The van der Waals surface area contributed by atoms with Crippen molar-refractivity contribution in [3.63, 3.8) is 0 Å². The Morgan fingerprint density at radius 2 is 1.72 bits per heavy atom. The Kier molecular flexibility index (Phi) is 8.11. The Bertz CT molecular complexity index is 1030. The van der Waals surface area contributed by atoms with Gasteiger partial charge in [0.2, 0.25) is 5.71 Å². The zero-order valence-corrected chi connectivity index (χ0v) is 17.7. The third-order valence-electron chi connectivity index (χ3n) is 3.35. The maximum atomic E-state index is 12.5. The van der Waals surface area contributed by atoms with E-state index >= 15 is 0 Å². The third-order valence-corrected chi connectivity index (χ3v) is 4.71. The van der Waals surface area contributed by atoms with Crippen molar-refractivity contribution in [3.05, 3.63) is 56.0 Å². The molecular formula is C18H12Cl4N4O3. The Balaban J connectivity index is 2.24. The number of rotatable bonds is 6. The highest BCUT2D eigenvalue weighted by atomic mass is 35.5. The first kappa shape index (κ1) is 22.8. The molecule has 1 amide bonds. The van der Waals surface area contributed by atoms with Gasteiger partial charge in [-0.25, -0.2) is 4.79 Å². The van der Waals surface area contributed by atoms with Crippen molar-refractivity contribution in [2.45, 2.75) is 6.92 Å². The number of hydrogen-bond acceptors (Lipinski definition) is 6. The average Bonchev–Trinajstić information content (AvgIpc) is 2.68. The van der Waals surface area contributed by atoms with Crippen LogP contribution in [0.15, 0.2) is 35.4 Å². The van der Waals surface area contributed by atoms with Gasteiger partial charge in [-0.1, -0.05) is 46.4 Å². The summed E-state index contributed by atoms with van der Waals surface area (Å²) in [6, 6.07) is 8.73. The first-order chi connectivity index (χ1) is 13.8. The number of esters is 1. The SMILES string of the molecule is CCOC(=O)C(C#N)=NNc1cc(C(=O)Nc2cc(Cl)c(Cl)cc2Cl)ccc1Cl. The molecule has 0 saturated heterocycles. The lowest BCUT2D eigenvalue weighted by molar-refractivity contribution is -0.134. The maximum Gasteiger partial charge on any atom is 0.369 e. The molecule has 0 saturated carbocycles. The van der Waals surface area contributed by atoms with E-state index in [4.69, 9.17) is 56.4 Å². The fraction of sp³-hybridized carbons (Fsp3) is 0.111. The van der Waals surface area contributed by atoms with Crippen LogP contribution in [-0.4, -0.2) is 24.2 Å². The van der Waals surface area contributed by atoms with Gasteiger partial charge in [0.1, 0.15) is 6.07 Å². The molecule has 0 bridgehead atoms. The van der Waals surface area contributed by atoms with Crippen molar-refractivity contribution < 1.29 is 14.3 Å². The largest absolute Gasteiger partial charge is 0.461 e. The number of nitriles is 1. The summed E-state index contributed by atoms with van der Waals surface area (Å²) < 4.78 is 4.71. The van der Waals surface area contributed by atoms with E-state index in [1.54, 1.807) is 13.0 Å². The van der Waals surface area contributed by atoms with E-state index in [2.05, 4.69) is 15.8 Å². The van der Waals surface area contributed by atoms with Crippen LogP contribution in [-0.2, 0) is 9.53 Å². The number of carbonyl (C=O) groups excluding carboxylic acids is 2. The van der Waals surface area contributed by atoms with Crippen LogP contribution in [0.3, 0.4) is 0 Å². The van der Waals surface area contributed by atoms with Gasteiger partial charge in [0.25, 0.3) is 5.91 Å². The minimum Gasteiger partial charge on any atom is -0.461 e. The van der Waals surface area contributed by atoms with Crippen molar-refractivity contribution >= 4 is 75.4 Å². The van der Waals surface area contributed by atoms with Gasteiger partial charge in [-0.3, -0.25) is 10.2 Å². The van der Waals surface area contributed by atoms with Gasteiger partial charge >= 0.3 is 5.97 Å². The van der Waals surface area contributed by atoms with E-state index in [9.17, 15) is 9.59 Å². The lowest BCUT2D eigenvalue weighted by Crippen LogP contribution is -2.17. The lowest BCUT2D eigenvalue weighted by atomic mass is 10.2. The molecule has 11 heteroatoms. The number of hydrazone groups is 1. The zero-order valence-electron chi connectivity index (χ0n) is 14.7. The van der Waals surface area contributed by atoms with Crippen LogP contribution in [0.1, 0.15) is 17.3 Å². The van der Waals surface area contributed by atoms with Crippen molar-refractivity contribution in [2.24, 2.45) is 5.10 Å². The van der Waals surface area contributed by atoms with E-state index in [1.807, 2.05) is 0 Å². The van der Waals surface area contributed by atoms with Gasteiger partial charge in [0, 0.05) is 5.56 Å². The molecule has 2 N–H and O–H groups in total. The van der Waals surface area contributed by atoms with E-state index < -0.39 is 17.6 Å². The second-order valence-electron chi connectivity index (χ2n) is 5.30. The molecule has 0 aromatic heterocycles. The molecule has 150 valence electrons. The molecule has 29 heavy (non-hydrogen) atoms. The Morgan fingerprint density at radius 1 is 1.03 bits per heavy atom. The number of ether oxygens (including phenoxy) is 1. The summed E-state index contributed by atoms with van der Waals surface area (Å²) in [5.41, 5.74) is 2.63. The number of anilines is 2. The van der Waals surface area contributed by atoms with Gasteiger partial charge in [-0.05, 0) is 37.3 Å². The number of hydrogen-bond donors (Lipinski definition) is 2. The second kappa shape index (κ2) is 10.3. The molecule has 0 aliphatic heterocycles. The monoisotopic (exact) mass is 472 g/mol. The molecule has 0 fully saturated rings. The summed E-state index contributed by atoms with van der Waals surface area (Å²) in [6.07, 6.45) is 0. The molecular weight excluding hydrogens is 462 g/mol. The van der Waals surface area contributed by atoms with Crippen LogP contribution in [0.25, 0.3) is 0 Å². The Hall–Kier alpha value is -2.50. The summed E-state index contributed by atoms with van der Waals surface area (Å²) >= 11 is 24.0. The van der Waals surface area contributed by atoms with Crippen molar-refractivity contribution in [3.8, 4) is 6.07 Å². The predicted molar refractivity (Wildman–Crippen MR) is 114 cm³/mol. The number of amides is 1. The van der Waals surface area contributed by atoms with Gasteiger partial charge in [0.15, 0.2) is 0 Å². The topological polar surface area (TPSA) is 104 Å². The highest BCUT2D eigenvalue weighted by molar-refractivity contribution is 6.44. The minimum atomic E-state index is -0.887. The van der Waals surface area contributed by atoms with Crippen LogP contribution >= 0.6 is 46.4 Å². The molecule has 0 heterocycles. The van der Waals surface area contributed by atoms with E-state index in [0.717, 1.165) is 0 Å². The molecule has 0 radical (unpaired) electrons. The maximum absolute atomic E-state index is 12.5. The van der Waals surface area contributed by atoms with Gasteiger partial charge in [-0.15, -0.1) is 0 Å². The normalized spacial score (nSPS) is 10.8. The van der Waals surface area contributed by atoms with Gasteiger partial charge < -0.3 is 10.1 Å². The number of nitrogens with one attached hydrogen (secondary N) is 2. The summed E-state index contributed by atoms with van der Waals surface area (Å²) in [5, 5.41) is 16.2. The lowest BCUT2D eigenvalue weighted by Gasteiger charge is -2.10. The molecule has 0 aliphatic rings. The fourth-order valence-corrected chi connectivity index (χ4v) is 2.75. The van der Waals surface area contributed by atoms with Crippen molar-refractivity contribution in [1.29, 1.82) is 5.26 Å². The summed E-state index contributed by atoms with van der Waals surface area (Å²) in [4.78, 5) is 24.1. The molecule has 7 nitrogen and oxygen atoms in total. The van der Waals surface area contributed by atoms with Crippen LogP contribution in [0.2, 0.25) is 20.1 Å². The van der Waals surface area contributed by atoms with E-state index in [0.29, 0.717) is 0 Å². The number of benzene rings is 2. The zero-order chi connectivity index (χ0) is 21.6. The second-order valence-corrected chi connectivity index (χ2v) is 6.93. The smallest absolute Gasteiger partial charge is 0.369 e. The molecule has 2 aromatic rings. The minimum absolute atomic E-state index is 0.0905. The van der Waals surface area contributed by atoms with Crippen LogP contribution in [0, 0.1) is 11.3 Å². The van der Waals surface area contributed by atoms with Crippen molar-refractivity contribution in [1.82, 2.24) is 0 Å². The molecule has 0 aliphatic carbocycles. The number of nitrogens with zero attached hydrogens (tertiary/aromatic N) is 2. The quantitative estimate of drug-likeness (QED) is 0.252. The molecule has 0 spiro atoms. The molecule has 2 rings (SSSR count). The third kappa shape index (κ3) is 5.99. The van der Waals surface area contributed by atoms with Gasteiger partial charge in [-0.2, -0.15) is 10.4 Å². The van der Waals surface area contributed by atoms with Crippen LogP contribution < -0.4 is 10.7 Å². The van der Waals surface area contributed by atoms with Crippen molar-refractivity contribution in [2.75, 3.05) is 17.3 Å². The molecule has 0 atom stereocenters. The van der Waals surface area contributed by atoms with E-state index in [1.165, 1.54) is 30.3 Å². The summed E-state index contributed by atoms with van der Waals surface area (Å²) in [6.45, 7) is 1.69. The summed E-state index contributed by atoms with van der Waals surface area (Å²) in [7, 11) is 0. The standard InChI is InChI=1S/C18H12Cl4N4O3/c1-2-29-18(28)16(8-23)26-25-15-5-9(3-4-10(15)19)17(27)24-14-7-12(21)11(20)6-13(14)22/h3-7,25H,2H2,1H3,(H,24,27). The fourth-order valence-electron chi connectivity index (χ4n) is 2.00. The molecule has 2 aromatic carbocycles. The number of carbonyl (C=O) groups is 2. The Morgan fingerprint density at radius 3 is 2.38 bits per heavy atom. The summed E-state index contributed by atoms with van der Waals surface area (Å²) in [5.74, 6) is -1.40. The predicted octanol–water partition coefficient (Wildman–Crippen LogP) is 5.41. The first-order valence-corrected chi connectivity index (χ1v) is 9.44. The highest BCUT2D eigenvalue weighted by Gasteiger charge is 2.15. The average molecular weight is 474 g/mol. The van der Waals surface area contributed by atoms with Crippen LogP contribution in [0.5, 0.6) is 0 Å². The first-order valence-electron chi connectivity index (χ1n) is 7.93. The molecule has 0 unspecified atom stereocenters. The van der Waals surface area contributed by atoms with Gasteiger partial charge in [0.05, 0.1) is 38.1 Å².